The van der Waals surface area contributed by atoms with Crippen molar-refractivity contribution in [3.05, 3.63) is 161 Å². The molecule has 0 saturated heterocycles. The van der Waals surface area contributed by atoms with Gasteiger partial charge in [-0.05, 0) is 182 Å². The Hall–Kier alpha value is -4.88. The van der Waals surface area contributed by atoms with E-state index in [1.807, 2.05) is 0 Å². The van der Waals surface area contributed by atoms with Crippen LogP contribution in [-0.4, -0.2) is 0 Å². The molecule has 0 heterocycles. The number of benzene rings is 6. The summed E-state index contributed by atoms with van der Waals surface area (Å²) in [5.74, 6) is 3.38. The quantitative estimate of drug-likeness (QED) is 0.173. The number of hydrogen-bond donors (Lipinski definition) is 0. The normalized spacial score (nSPS) is 29.7. The molecule has 2 bridgehead atoms. The Kier molecular flexibility index (Phi) is 6.36. The molecule has 1 nitrogen and oxygen atoms in total. The van der Waals surface area contributed by atoms with E-state index in [1.165, 1.54) is 111 Å². The zero-order chi connectivity index (χ0) is 39.1. The van der Waals surface area contributed by atoms with Crippen LogP contribution in [0, 0.1) is 29.1 Å². The van der Waals surface area contributed by atoms with Crippen LogP contribution in [0.15, 0.2) is 127 Å². The molecular weight excluding hydrogens is 699 g/mol. The minimum absolute atomic E-state index is 0.0737. The van der Waals surface area contributed by atoms with E-state index in [0.29, 0.717) is 5.41 Å². The lowest BCUT2D eigenvalue weighted by molar-refractivity contribution is -0.231. The van der Waals surface area contributed by atoms with Gasteiger partial charge in [0.2, 0.25) is 0 Å². The van der Waals surface area contributed by atoms with Crippen molar-refractivity contribution in [2.75, 3.05) is 4.90 Å². The summed E-state index contributed by atoms with van der Waals surface area (Å²) in [5, 5.41) is 0. The third-order valence-electron chi connectivity index (χ3n) is 18.0. The molecule has 0 aliphatic heterocycles. The summed E-state index contributed by atoms with van der Waals surface area (Å²) in [5.41, 5.74) is 22.4. The average molecular weight is 754 g/mol. The summed E-state index contributed by atoms with van der Waals surface area (Å²) in [6.07, 6.45) is 8.22. The van der Waals surface area contributed by atoms with Crippen LogP contribution in [0.1, 0.15) is 113 Å². The molecular formula is C57H55N. The van der Waals surface area contributed by atoms with Crippen molar-refractivity contribution in [1.29, 1.82) is 0 Å². The monoisotopic (exact) mass is 753 g/mol. The topological polar surface area (TPSA) is 3.24 Å². The average Bonchev–Trinajstić information content (AvgIpc) is 3.92. The fraction of sp³-hybridized carbons (Fsp3) is 0.368. The van der Waals surface area contributed by atoms with Gasteiger partial charge in [-0.15, -0.1) is 0 Å². The van der Waals surface area contributed by atoms with Crippen LogP contribution >= 0.6 is 0 Å². The molecule has 0 radical (unpaired) electrons. The molecule has 6 aromatic carbocycles. The van der Waals surface area contributed by atoms with Gasteiger partial charge in [-0.25, -0.2) is 0 Å². The van der Waals surface area contributed by atoms with Crippen molar-refractivity contribution in [1.82, 2.24) is 0 Å². The number of hydrogen-bond acceptors (Lipinski definition) is 1. The van der Waals surface area contributed by atoms with Crippen LogP contribution in [-0.2, 0) is 21.7 Å². The molecule has 4 saturated carbocycles. The molecule has 4 fully saturated rings. The number of anilines is 3. The smallest absolute Gasteiger partial charge is 0.0465 e. The van der Waals surface area contributed by atoms with Crippen molar-refractivity contribution in [2.45, 2.75) is 102 Å². The molecule has 288 valence electrons. The highest BCUT2D eigenvalue weighted by Crippen LogP contribution is 2.90. The van der Waals surface area contributed by atoms with Gasteiger partial charge in [0.05, 0.1) is 0 Å². The Morgan fingerprint density at radius 1 is 0.466 bits per heavy atom. The van der Waals surface area contributed by atoms with Gasteiger partial charge in [0, 0.05) is 27.9 Å². The van der Waals surface area contributed by atoms with E-state index in [1.54, 1.807) is 11.1 Å². The van der Waals surface area contributed by atoms with Gasteiger partial charge in [0.15, 0.2) is 0 Å². The molecule has 1 heteroatoms. The van der Waals surface area contributed by atoms with Crippen LogP contribution in [0.4, 0.5) is 17.1 Å². The first-order valence-electron chi connectivity index (χ1n) is 22.5. The third-order valence-corrected chi connectivity index (χ3v) is 18.0. The Balaban J connectivity index is 1.05. The summed E-state index contributed by atoms with van der Waals surface area (Å²) >= 11 is 0. The molecule has 6 unspecified atom stereocenters. The van der Waals surface area contributed by atoms with Crippen molar-refractivity contribution in [2.24, 2.45) is 29.1 Å². The predicted octanol–water partition coefficient (Wildman–Crippen LogP) is 14.8. The summed E-state index contributed by atoms with van der Waals surface area (Å²) in [6.45, 7) is 14.7. The lowest BCUT2D eigenvalue weighted by Gasteiger charge is -2.76. The summed E-state index contributed by atoms with van der Waals surface area (Å²) in [7, 11) is 0. The third kappa shape index (κ3) is 3.91. The molecule has 58 heavy (non-hydrogen) atoms. The van der Waals surface area contributed by atoms with Crippen molar-refractivity contribution in [3.8, 4) is 33.4 Å². The standard InChI is InChI=1S/C57H55N/c1-53(2)25-26-54(3,4)49-32-39(21-24-45(49)53)58(37-19-22-42-41-15-10-11-17-44(41)55(5,6)47(42)30-37)38-20-23-43-48(31-38)57(50-28-34-27-36-29-51(57)56(36,50)33-34)46-18-12-16-40(52(43)46)35-13-8-7-9-14-35/h7-24,30-32,34,36,50-51H,25-29,33H2,1-6H3. The van der Waals surface area contributed by atoms with E-state index in [4.69, 9.17) is 0 Å². The van der Waals surface area contributed by atoms with Crippen LogP contribution in [0.25, 0.3) is 33.4 Å². The second kappa shape index (κ2) is 10.8. The molecule has 13 rings (SSSR count). The van der Waals surface area contributed by atoms with Gasteiger partial charge in [-0.3, -0.25) is 0 Å². The fourth-order valence-corrected chi connectivity index (χ4v) is 15.4. The Morgan fingerprint density at radius 3 is 1.84 bits per heavy atom. The second-order valence-corrected chi connectivity index (χ2v) is 21.6. The van der Waals surface area contributed by atoms with Crippen molar-refractivity contribution >= 4 is 17.1 Å². The molecule has 0 amide bonds. The van der Waals surface area contributed by atoms with Gasteiger partial charge in [0.1, 0.15) is 0 Å². The van der Waals surface area contributed by atoms with Crippen molar-refractivity contribution in [3.63, 3.8) is 0 Å². The van der Waals surface area contributed by atoms with Crippen LogP contribution in [0.3, 0.4) is 0 Å². The largest absolute Gasteiger partial charge is 0.310 e. The predicted molar refractivity (Wildman–Crippen MR) is 240 cm³/mol. The number of nitrogens with zero attached hydrogens (tertiary/aromatic N) is 1. The van der Waals surface area contributed by atoms with E-state index < -0.39 is 0 Å². The first-order valence-corrected chi connectivity index (χ1v) is 22.5. The highest BCUT2D eigenvalue weighted by molar-refractivity contribution is 5.96. The lowest BCUT2D eigenvalue weighted by Crippen LogP contribution is -2.73. The van der Waals surface area contributed by atoms with E-state index in [2.05, 4.69) is 174 Å². The maximum atomic E-state index is 2.71. The van der Waals surface area contributed by atoms with Gasteiger partial charge in [0.25, 0.3) is 0 Å². The van der Waals surface area contributed by atoms with Gasteiger partial charge in [-0.1, -0.05) is 133 Å². The molecule has 7 aliphatic carbocycles. The summed E-state index contributed by atoms with van der Waals surface area (Å²) in [4.78, 5) is 2.64. The first kappa shape index (κ1) is 34.0. The van der Waals surface area contributed by atoms with Gasteiger partial charge in [-0.2, -0.15) is 0 Å². The first-order chi connectivity index (χ1) is 27.9. The molecule has 6 atom stereocenters. The van der Waals surface area contributed by atoms with Gasteiger partial charge < -0.3 is 4.90 Å². The highest BCUT2D eigenvalue weighted by atomic mass is 15.1. The molecule has 6 aromatic rings. The van der Waals surface area contributed by atoms with Crippen molar-refractivity contribution < 1.29 is 0 Å². The molecule has 2 spiro atoms. The van der Waals surface area contributed by atoms with E-state index in [0.717, 1.165) is 23.7 Å². The fourth-order valence-electron chi connectivity index (χ4n) is 15.4. The highest BCUT2D eigenvalue weighted by Gasteiger charge is 2.84. The molecule has 0 aromatic heterocycles. The number of fused-ring (bicyclic) bond motifs is 12. The lowest BCUT2D eigenvalue weighted by atomic mass is 9.27. The molecule has 7 aliphatic rings. The maximum absolute atomic E-state index is 2.71. The van der Waals surface area contributed by atoms with Gasteiger partial charge >= 0.3 is 0 Å². The van der Waals surface area contributed by atoms with Crippen LogP contribution in [0.2, 0.25) is 0 Å². The SMILES string of the molecule is CC1(C)CCC(C)(C)c2cc(N(c3ccc4c(c3)C(C)(C)c3ccccc3-4)c3ccc4c(c3)C3(c5cccc(-c6ccccc6)c5-4)C4CC5CC6CC3C64C5)ccc21. The minimum Gasteiger partial charge on any atom is -0.310 e. The maximum Gasteiger partial charge on any atom is 0.0465 e. The zero-order valence-corrected chi connectivity index (χ0v) is 35.1. The van der Waals surface area contributed by atoms with Crippen LogP contribution < -0.4 is 4.90 Å². The Morgan fingerprint density at radius 2 is 1.07 bits per heavy atom. The minimum atomic E-state index is -0.0737. The number of rotatable bonds is 4. The van der Waals surface area contributed by atoms with Crippen LogP contribution in [0.5, 0.6) is 0 Å². The Bertz CT molecular complexity index is 2760. The van der Waals surface area contributed by atoms with E-state index >= 15 is 0 Å². The summed E-state index contributed by atoms with van der Waals surface area (Å²) in [6, 6.07) is 50.3. The molecule has 0 N–H and O–H groups in total. The summed E-state index contributed by atoms with van der Waals surface area (Å²) < 4.78 is 0. The zero-order valence-electron chi connectivity index (χ0n) is 35.1. The van der Waals surface area contributed by atoms with E-state index in [9.17, 15) is 0 Å². The Labute approximate surface area is 345 Å². The second-order valence-electron chi connectivity index (χ2n) is 21.6. The van der Waals surface area contributed by atoms with E-state index in [-0.39, 0.29) is 21.7 Å².